The highest BCUT2D eigenvalue weighted by Crippen LogP contribution is 2.25. The first-order chi connectivity index (χ1) is 14.0. The number of carbonyl (C=O) groups excluding carboxylic acids is 1. The van der Waals surface area contributed by atoms with Crippen LogP contribution in [0.2, 0.25) is 0 Å². The van der Waals surface area contributed by atoms with Gasteiger partial charge in [-0.25, -0.2) is 0 Å². The number of aryl methyl sites for hydroxylation is 1. The quantitative estimate of drug-likeness (QED) is 0.734. The number of aromatic hydroxyl groups is 1. The second-order valence-corrected chi connectivity index (χ2v) is 7.34. The number of piperazine rings is 1. The lowest BCUT2D eigenvalue weighted by atomic mass is 10.1. The molecular formula is C22H24N4O3. The Hall–Kier alpha value is -3.19. The lowest BCUT2D eigenvalue weighted by molar-refractivity contribution is 0.0549. The maximum atomic E-state index is 12.7. The Morgan fingerprint density at radius 2 is 1.76 bits per heavy atom. The van der Waals surface area contributed by atoms with Crippen molar-refractivity contribution < 1.29 is 14.4 Å². The maximum absolute atomic E-state index is 12.7. The lowest BCUT2D eigenvalue weighted by Gasteiger charge is -2.36. The van der Waals surface area contributed by atoms with Crippen LogP contribution in [0.3, 0.4) is 0 Å². The highest BCUT2D eigenvalue weighted by atomic mass is 16.5. The third-order valence-electron chi connectivity index (χ3n) is 5.39. The molecule has 1 N–H and O–H groups in total. The minimum absolute atomic E-state index is 0.0165. The fourth-order valence-corrected chi connectivity index (χ4v) is 3.52. The predicted molar refractivity (Wildman–Crippen MR) is 108 cm³/mol. The summed E-state index contributed by atoms with van der Waals surface area (Å²) < 4.78 is 5.51. The topological polar surface area (TPSA) is 82.7 Å². The number of phenols is 1. The molecule has 7 nitrogen and oxygen atoms in total. The molecule has 29 heavy (non-hydrogen) atoms. The molecule has 1 saturated heterocycles. The Bertz CT molecular complexity index is 991. The van der Waals surface area contributed by atoms with Crippen LogP contribution in [-0.4, -0.2) is 57.1 Å². The molecule has 1 amide bonds. The summed E-state index contributed by atoms with van der Waals surface area (Å²) in [5, 5.41) is 14.0. The fourth-order valence-electron chi connectivity index (χ4n) is 3.52. The SMILES string of the molecule is Cc1ccc(-c2noc(C(C)N3CCN(C(=O)c4ccccc4O)CC3)n2)cc1. The van der Waals surface area contributed by atoms with Gasteiger partial charge in [0.1, 0.15) is 5.75 Å². The summed E-state index contributed by atoms with van der Waals surface area (Å²) in [4.78, 5) is 21.2. The number of para-hydroxylation sites is 1. The first kappa shape index (κ1) is 19.1. The highest BCUT2D eigenvalue weighted by molar-refractivity contribution is 5.96. The van der Waals surface area contributed by atoms with Gasteiger partial charge in [0.2, 0.25) is 11.7 Å². The first-order valence-corrected chi connectivity index (χ1v) is 9.75. The average Bonchev–Trinajstić information content (AvgIpc) is 3.24. The Morgan fingerprint density at radius 1 is 1.07 bits per heavy atom. The van der Waals surface area contributed by atoms with Crippen LogP contribution in [0.5, 0.6) is 5.75 Å². The van der Waals surface area contributed by atoms with Crippen molar-refractivity contribution in [3.05, 3.63) is 65.5 Å². The van der Waals surface area contributed by atoms with Crippen molar-refractivity contribution in [1.29, 1.82) is 0 Å². The summed E-state index contributed by atoms with van der Waals surface area (Å²) in [5.41, 5.74) is 2.45. The molecule has 1 aliphatic rings. The normalized spacial score (nSPS) is 16.0. The summed E-state index contributed by atoms with van der Waals surface area (Å²) >= 11 is 0. The van der Waals surface area contributed by atoms with E-state index in [-0.39, 0.29) is 17.7 Å². The van der Waals surface area contributed by atoms with Crippen LogP contribution in [-0.2, 0) is 0 Å². The van der Waals surface area contributed by atoms with E-state index in [1.54, 1.807) is 23.1 Å². The van der Waals surface area contributed by atoms with E-state index in [9.17, 15) is 9.90 Å². The Morgan fingerprint density at radius 3 is 2.45 bits per heavy atom. The molecule has 1 atom stereocenters. The van der Waals surface area contributed by atoms with Gasteiger partial charge in [-0.15, -0.1) is 0 Å². The maximum Gasteiger partial charge on any atom is 0.257 e. The van der Waals surface area contributed by atoms with Gasteiger partial charge in [0.15, 0.2) is 0 Å². The van der Waals surface area contributed by atoms with Crippen LogP contribution in [0.25, 0.3) is 11.4 Å². The van der Waals surface area contributed by atoms with Crippen LogP contribution in [0, 0.1) is 6.92 Å². The number of benzene rings is 2. The van der Waals surface area contributed by atoms with Crippen LogP contribution in [0.1, 0.15) is 34.8 Å². The second-order valence-electron chi connectivity index (χ2n) is 7.34. The van der Waals surface area contributed by atoms with Gasteiger partial charge in [-0.05, 0) is 26.0 Å². The largest absolute Gasteiger partial charge is 0.507 e. The zero-order valence-electron chi connectivity index (χ0n) is 16.6. The zero-order valence-corrected chi connectivity index (χ0v) is 16.6. The standard InChI is InChI=1S/C22H24N4O3/c1-15-7-9-17(10-8-15)20-23-21(29-24-20)16(2)25-11-13-26(14-12-25)22(28)18-5-3-4-6-19(18)27/h3-10,16,27H,11-14H2,1-2H3. The molecule has 0 aliphatic carbocycles. The van der Waals surface area contributed by atoms with Gasteiger partial charge in [-0.1, -0.05) is 47.1 Å². The predicted octanol–water partition coefficient (Wildman–Crippen LogP) is 3.27. The first-order valence-electron chi connectivity index (χ1n) is 9.75. The summed E-state index contributed by atoms with van der Waals surface area (Å²) in [6, 6.07) is 14.6. The molecule has 2 aromatic carbocycles. The number of aromatic nitrogens is 2. The minimum atomic E-state index is -0.144. The smallest absolute Gasteiger partial charge is 0.257 e. The summed E-state index contributed by atoms with van der Waals surface area (Å²) in [6.07, 6.45) is 0. The van der Waals surface area contributed by atoms with E-state index in [0.29, 0.717) is 43.5 Å². The molecule has 1 fully saturated rings. The molecular weight excluding hydrogens is 368 g/mol. The summed E-state index contributed by atoms with van der Waals surface area (Å²) in [5.74, 6) is 1.03. The van der Waals surface area contributed by atoms with Crippen molar-refractivity contribution in [1.82, 2.24) is 19.9 Å². The van der Waals surface area contributed by atoms with Crippen LogP contribution < -0.4 is 0 Å². The van der Waals surface area contributed by atoms with Gasteiger partial charge >= 0.3 is 0 Å². The summed E-state index contributed by atoms with van der Waals surface area (Å²) in [7, 11) is 0. The molecule has 3 aromatic rings. The third-order valence-corrected chi connectivity index (χ3v) is 5.39. The van der Waals surface area contributed by atoms with Crippen molar-refractivity contribution >= 4 is 5.91 Å². The van der Waals surface area contributed by atoms with Gasteiger partial charge in [-0.2, -0.15) is 4.98 Å². The number of rotatable bonds is 4. The molecule has 0 spiro atoms. The molecule has 1 unspecified atom stereocenters. The molecule has 0 saturated carbocycles. The van der Waals surface area contributed by atoms with Crippen LogP contribution >= 0.6 is 0 Å². The van der Waals surface area contributed by atoms with Crippen molar-refractivity contribution in [3.63, 3.8) is 0 Å². The van der Waals surface area contributed by atoms with E-state index in [1.807, 2.05) is 38.1 Å². The van der Waals surface area contributed by atoms with E-state index < -0.39 is 0 Å². The van der Waals surface area contributed by atoms with Gasteiger partial charge in [0.05, 0.1) is 11.6 Å². The summed E-state index contributed by atoms with van der Waals surface area (Å²) in [6.45, 7) is 6.63. The third kappa shape index (κ3) is 4.00. The van der Waals surface area contributed by atoms with Crippen molar-refractivity contribution in [2.24, 2.45) is 0 Å². The molecule has 1 aromatic heterocycles. The van der Waals surface area contributed by atoms with Crippen molar-refractivity contribution in [2.45, 2.75) is 19.9 Å². The lowest BCUT2D eigenvalue weighted by Crippen LogP contribution is -2.49. The Kier molecular flexibility index (Phi) is 5.31. The molecule has 2 heterocycles. The highest BCUT2D eigenvalue weighted by Gasteiger charge is 2.28. The van der Waals surface area contributed by atoms with Gasteiger partial charge < -0.3 is 14.5 Å². The Balaban J connectivity index is 1.39. The second kappa shape index (κ2) is 8.05. The number of hydrogen-bond acceptors (Lipinski definition) is 6. The monoisotopic (exact) mass is 392 g/mol. The van der Waals surface area contributed by atoms with E-state index in [0.717, 1.165) is 5.56 Å². The minimum Gasteiger partial charge on any atom is -0.507 e. The number of nitrogens with zero attached hydrogens (tertiary/aromatic N) is 4. The van der Waals surface area contributed by atoms with E-state index in [4.69, 9.17) is 4.52 Å². The number of carbonyl (C=O) groups is 1. The molecule has 4 rings (SSSR count). The fraction of sp³-hybridized carbons (Fsp3) is 0.318. The molecule has 0 bridgehead atoms. The zero-order chi connectivity index (χ0) is 20.4. The van der Waals surface area contributed by atoms with Gasteiger partial charge in [0.25, 0.3) is 5.91 Å². The molecule has 150 valence electrons. The van der Waals surface area contributed by atoms with E-state index >= 15 is 0 Å². The average molecular weight is 392 g/mol. The van der Waals surface area contributed by atoms with Crippen LogP contribution in [0.15, 0.2) is 53.1 Å². The van der Waals surface area contributed by atoms with Crippen LogP contribution in [0.4, 0.5) is 0 Å². The van der Waals surface area contributed by atoms with Gasteiger partial charge in [0, 0.05) is 31.7 Å². The van der Waals surface area contributed by atoms with Crippen molar-refractivity contribution in [2.75, 3.05) is 26.2 Å². The molecule has 0 radical (unpaired) electrons. The van der Waals surface area contributed by atoms with E-state index in [1.165, 1.54) is 11.6 Å². The number of hydrogen-bond donors (Lipinski definition) is 1. The van der Waals surface area contributed by atoms with Gasteiger partial charge in [-0.3, -0.25) is 9.69 Å². The number of amides is 1. The number of phenolic OH excluding ortho intramolecular Hbond substituents is 1. The van der Waals surface area contributed by atoms with Crippen molar-refractivity contribution in [3.8, 4) is 17.1 Å². The van der Waals surface area contributed by atoms with E-state index in [2.05, 4.69) is 15.0 Å². The molecule has 1 aliphatic heterocycles. The Labute approximate surface area is 169 Å². The molecule has 7 heteroatoms.